The third-order valence-electron chi connectivity index (χ3n) is 11.6. The van der Waals surface area contributed by atoms with Crippen molar-refractivity contribution < 1.29 is 0 Å². The van der Waals surface area contributed by atoms with Crippen LogP contribution in [0.25, 0.3) is 55.3 Å². The topological polar surface area (TPSA) is 3.24 Å². The van der Waals surface area contributed by atoms with Crippen molar-refractivity contribution in [3.63, 3.8) is 0 Å². The second kappa shape index (κ2) is 13.5. The van der Waals surface area contributed by atoms with Crippen LogP contribution >= 0.6 is 0 Å². The van der Waals surface area contributed by atoms with Gasteiger partial charge < -0.3 is 4.90 Å². The van der Waals surface area contributed by atoms with Crippen LogP contribution in [0.15, 0.2) is 218 Å². The molecule has 260 valence electrons. The van der Waals surface area contributed by atoms with E-state index >= 15 is 0 Å². The Morgan fingerprint density at radius 3 is 1.65 bits per heavy atom. The molecule has 0 radical (unpaired) electrons. The summed E-state index contributed by atoms with van der Waals surface area (Å²) in [6, 6.07) is 79.6. The van der Waals surface area contributed by atoms with Crippen LogP contribution in [-0.4, -0.2) is 0 Å². The molecule has 0 saturated carbocycles. The van der Waals surface area contributed by atoms with Gasteiger partial charge in [-0.2, -0.15) is 0 Å². The van der Waals surface area contributed by atoms with Crippen molar-refractivity contribution in [3.05, 3.63) is 235 Å². The van der Waals surface area contributed by atoms with Crippen LogP contribution in [0.1, 0.15) is 23.6 Å². The number of hydrogen-bond donors (Lipinski definition) is 0. The van der Waals surface area contributed by atoms with Gasteiger partial charge in [-0.15, -0.1) is 0 Å². The molecule has 1 unspecified atom stereocenters. The number of hydrogen-bond acceptors (Lipinski definition) is 1. The van der Waals surface area contributed by atoms with E-state index in [-0.39, 0.29) is 5.41 Å². The van der Waals surface area contributed by atoms with Gasteiger partial charge >= 0.3 is 0 Å². The van der Waals surface area contributed by atoms with E-state index < -0.39 is 0 Å². The Morgan fingerprint density at radius 2 is 0.873 bits per heavy atom. The van der Waals surface area contributed by atoms with Gasteiger partial charge in [0.05, 0.1) is 5.69 Å². The average molecular weight is 702 g/mol. The first-order valence-electron chi connectivity index (χ1n) is 19.1. The van der Waals surface area contributed by atoms with Crippen molar-refractivity contribution in [2.75, 3.05) is 4.90 Å². The molecule has 1 nitrogen and oxygen atoms in total. The van der Waals surface area contributed by atoms with E-state index in [0.29, 0.717) is 0 Å². The summed E-state index contributed by atoms with van der Waals surface area (Å²) in [4.78, 5) is 2.41. The molecule has 0 fully saturated rings. The van der Waals surface area contributed by atoms with E-state index in [1.54, 1.807) is 0 Å². The third-order valence-corrected chi connectivity index (χ3v) is 11.6. The average Bonchev–Trinajstić information content (AvgIpc) is 3.53. The van der Waals surface area contributed by atoms with E-state index in [1.807, 2.05) is 0 Å². The minimum Gasteiger partial charge on any atom is -0.310 e. The normalized spacial score (nSPS) is 14.3. The SMILES string of the molecule is CC1(c2ccccc2)c2ccccc2-c2c(-c3ccc(N(c4ccc5ccccc5c4)c4ccccc4-c4ccc(-c5ccccc5)cc4)cc3)cccc21. The number of para-hydroxylation sites is 1. The Kier molecular flexibility index (Phi) is 8.00. The van der Waals surface area contributed by atoms with E-state index in [9.17, 15) is 0 Å². The maximum absolute atomic E-state index is 2.41. The number of rotatable bonds is 7. The van der Waals surface area contributed by atoms with E-state index in [2.05, 4.69) is 230 Å². The quantitative estimate of drug-likeness (QED) is 0.160. The lowest BCUT2D eigenvalue weighted by molar-refractivity contribution is 0.714. The largest absolute Gasteiger partial charge is 0.310 e. The van der Waals surface area contributed by atoms with Gasteiger partial charge in [0.1, 0.15) is 0 Å². The Bertz CT molecular complexity index is 2800. The van der Waals surface area contributed by atoms with Gasteiger partial charge in [0.25, 0.3) is 0 Å². The molecule has 0 aliphatic heterocycles. The molecule has 0 aromatic heterocycles. The molecule has 1 aliphatic rings. The molecule has 1 atom stereocenters. The second-order valence-corrected chi connectivity index (χ2v) is 14.6. The zero-order chi connectivity index (χ0) is 36.8. The van der Waals surface area contributed by atoms with Crippen LogP contribution in [0.4, 0.5) is 17.1 Å². The molecule has 0 heterocycles. The molecule has 55 heavy (non-hydrogen) atoms. The first-order chi connectivity index (χ1) is 27.2. The summed E-state index contributed by atoms with van der Waals surface area (Å²) in [6.45, 7) is 2.38. The van der Waals surface area contributed by atoms with Crippen LogP contribution in [0.2, 0.25) is 0 Å². The molecule has 0 spiro atoms. The number of benzene rings is 9. The number of fused-ring (bicyclic) bond motifs is 4. The van der Waals surface area contributed by atoms with Gasteiger partial charge in [-0.05, 0) is 104 Å². The van der Waals surface area contributed by atoms with Gasteiger partial charge in [0, 0.05) is 22.4 Å². The zero-order valence-corrected chi connectivity index (χ0v) is 30.7. The molecule has 9 aromatic rings. The number of anilines is 3. The molecule has 0 saturated heterocycles. The zero-order valence-electron chi connectivity index (χ0n) is 30.7. The molecule has 1 heteroatoms. The van der Waals surface area contributed by atoms with Crippen LogP contribution in [0, 0.1) is 0 Å². The Balaban J connectivity index is 1.10. The number of nitrogens with zero attached hydrogens (tertiary/aromatic N) is 1. The molecule has 0 bridgehead atoms. The predicted octanol–water partition coefficient (Wildman–Crippen LogP) is 14.6. The first-order valence-corrected chi connectivity index (χ1v) is 19.1. The minimum atomic E-state index is -0.237. The van der Waals surface area contributed by atoms with Gasteiger partial charge in [-0.25, -0.2) is 0 Å². The van der Waals surface area contributed by atoms with Gasteiger partial charge in [0.2, 0.25) is 0 Å². The van der Waals surface area contributed by atoms with E-state index in [4.69, 9.17) is 0 Å². The Hall–Kier alpha value is -6.96. The summed E-state index contributed by atoms with van der Waals surface area (Å²) < 4.78 is 0. The lowest BCUT2D eigenvalue weighted by Crippen LogP contribution is -2.22. The van der Waals surface area contributed by atoms with E-state index in [0.717, 1.165) is 17.1 Å². The van der Waals surface area contributed by atoms with Crippen LogP contribution < -0.4 is 4.90 Å². The summed E-state index contributed by atoms with van der Waals surface area (Å²) in [6.07, 6.45) is 0. The lowest BCUT2D eigenvalue weighted by atomic mass is 9.74. The molecule has 0 amide bonds. The fourth-order valence-corrected chi connectivity index (χ4v) is 8.78. The molecular weight excluding hydrogens is 663 g/mol. The van der Waals surface area contributed by atoms with Crippen molar-refractivity contribution >= 4 is 27.8 Å². The summed E-state index contributed by atoms with van der Waals surface area (Å²) in [5.41, 5.74) is 17.0. The highest BCUT2D eigenvalue weighted by atomic mass is 15.1. The first kappa shape index (κ1) is 32.7. The predicted molar refractivity (Wildman–Crippen MR) is 232 cm³/mol. The fourth-order valence-electron chi connectivity index (χ4n) is 8.78. The monoisotopic (exact) mass is 701 g/mol. The molecule has 10 rings (SSSR count). The summed E-state index contributed by atoms with van der Waals surface area (Å²) in [5.74, 6) is 0. The van der Waals surface area contributed by atoms with Gasteiger partial charge in [0.15, 0.2) is 0 Å². The third kappa shape index (κ3) is 5.56. The Morgan fingerprint density at radius 1 is 0.345 bits per heavy atom. The van der Waals surface area contributed by atoms with Crippen LogP contribution in [-0.2, 0) is 5.41 Å². The van der Waals surface area contributed by atoms with Crippen molar-refractivity contribution in [3.8, 4) is 44.5 Å². The molecule has 0 N–H and O–H groups in total. The molecular formula is C54H39N. The maximum atomic E-state index is 2.41. The minimum absolute atomic E-state index is 0.237. The van der Waals surface area contributed by atoms with Crippen molar-refractivity contribution in [2.45, 2.75) is 12.3 Å². The van der Waals surface area contributed by atoms with Gasteiger partial charge in [-0.1, -0.05) is 188 Å². The van der Waals surface area contributed by atoms with Crippen molar-refractivity contribution in [2.24, 2.45) is 0 Å². The summed E-state index contributed by atoms with van der Waals surface area (Å²) in [7, 11) is 0. The fraction of sp³-hybridized carbons (Fsp3) is 0.0370. The standard InChI is InChI=1S/C54H39N/c1-54(44-19-6-3-7-20-44)50-24-12-10-22-49(50)53-48(23-14-25-51(53)54)42-32-34-45(35-33-42)55(46-36-31-39-17-8-9-18-43(39)37-46)52-26-13-11-21-47(52)41-29-27-40(28-30-41)38-15-4-2-5-16-38/h2-37H,1H3. The van der Waals surface area contributed by atoms with Crippen LogP contribution in [0.3, 0.4) is 0 Å². The lowest BCUT2D eigenvalue weighted by Gasteiger charge is -2.29. The molecule has 1 aliphatic carbocycles. The van der Waals surface area contributed by atoms with Crippen LogP contribution in [0.5, 0.6) is 0 Å². The Labute approximate surface area is 323 Å². The smallest absolute Gasteiger partial charge is 0.0540 e. The van der Waals surface area contributed by atoms with Crippen molar-refractivity contribution in [1.82, 2.24) is 0 Å². The van der Waals surface area contributed by atoms with Gasteiger partial charge in [-0.3, -0.25) is 0 Å². The van der Waals surface area contributed by atoms with Crippen molar-refractivity contribution in [1.29, 1.82) is 0 Å². The highest BCUT2D eigenvalue weighted by Crippen LogP contribution is 2.55. The maximum Gasteiger partial charge on any atom is 0.0540 e. The molecule has 9 aromatic carbocycles. The van der Waals surface area contributed by atoms with E-state index in [1.165, 1.54) is 72.0 Å². The second-order valence-electron chi connectivity index (χ2n) is 14.6. The highest BCUT2D eigenvalue weighted by molar-refractivity contribution is 5.96. The summed E-state index contributed by atoms with van der Waals surface area (Å²) in [5, 5.41) is 2.44. The summed E-state index contributed by atoms with van der Waals surface area (Å²) >= 11 is 0. The highest BCUT2D eigenvalue weighted by Gasteiger charge is 2.41.